The molecule has 0 aromatic heterocycles. The van der Waals surface area contributed by atoms with E-state index in [1.807, 2.05) is 24.3 Å². The summed E-state index contributed by atoms with van der Waals surface area (Å²) in [6, 6.07) is 12.7. The van der Waals surface area contributed by atoms with E-state index in [1.165, 1.54) is 11.8 Å². The maximum absolute atomic E-state index is 8.40. The highest BCUT2D eigenvalue weighted by molar-refractivity contribution is 7.99. The van der Waals surface area contributed by atoms with Gasteiger partial charge >= 0.3 is 0 Å². The van der Waals surface area contributed by atoms with Crippen molar-refractivity contribution in [3.63, 3.8) is 0 Å². The van der Waals surface area contributed by atoms with Gasteiger partial charge in [0.25, 0.3) is 0 Å². The lowest BCUT2D eigenvalue weighted by molar-refractivity contribution is -0.439. The quantitative estimate of drug-likeness (QED) is 0.648. The monoisotopic (exact) mass is 294 g/mol. The number of ether oxygens (including phenoxy) is 2. The van der Waals surface area contributed by atoms with E-state index in [0.717, 1.165) is 9.79 Å². The molecular weight excluding hydrogens is 280 g/mol. The highest BCUT2D eigenvalue weighted by atomic mass is 32.2. The van der Waals surface area contributed by atoms with Crippen LogP contribution in [0.15, 0.2) is 52.3 Å². The molecule has 20 heavy (non-hydrogen) atoms. The zero-order chi connectivity index (χ0) is 14.4. The lowest BCUT2D eigenvalue weighted by Gasteiger charge is -2.10. The van der Waals surface area contributed by atoms with E-state index in [2.05, 4.69) is 5.04 Å². The van der Waals surface area contributed by atoms with Crippen molar-refractivity contribution in [3.05, 3.63) is 42.5 Å². The summed E-state index contributed by atoms with van der Waals surface area (Å²) >= 11 is 1.44. The Kier molecular flexibility index (Phi) is 5.11. The first-order valence-electron chi connectivity index (χ1n) is 5.75. The van der Waals surface area contributed by atoms with Crippen LogP contribution in [0.1, 0.15) is 0 Å². The molecule has 1 N–H and O–H groups in total. The van der Waals surface area contributed by atoms with Gasteiger partial charge in [-0.05, 0) is 29.3 Å². The molecule has 0 radical (unpaired) electrons. The first-order valence-corrected chi connectivity index (χ1v) is 6.56. The van der Waals surface area contributed by atoms with Crippen LogP contribution in [0.4, 0.5) is 0 Å². The predicted octanol–water partition coefficient (Wildman–Crippen LogP) is 3.64. The van der Waals surface area contributed by atoms with Gasteiger partial charge in [-0.3, -0.25) is 0 Å². The van der Waals surface area contributed by atoms with Crippen molar-refractivity contribution < 1.29 is 24.7 Å². The summed E-state index contributed by atoms with van der Waals surface area (Å²) in [5, 5.41) is 12.1. The SMILES string of the molecule is COc1cc(OC)cc(Sc2ccccc2OOO)c1. The molecule has 0 bridgehead atoms. The standard InChI is InChI=1S/C14H14O5S/c1-16-10-7-11(17-2)9-12(8-10)20-14-6-4-3-5-13(14)18-19-15/h3-9,15H,1-2H3. The van der Waals surface area contributed by atoms with Gasteiger partial charge in [-0.25, -0.2) is 5.26 Å². The molecule has 5 nitrogen and oxygen atoms in total. The topological polar surface area (TPSA) is 57.2 Å². The first kappa shape index (κ1) is 14.5. The van der Waals surface area contributed by atoms with Crippen LogP contribution in [0.5, 0.6) is 17.2 Å². The summed E-state index contributed by atoms with van der Waals surface area (Å²) in [5.41, 5.74) is 0. The molecule has 0 aliphatic rings. The number of methoxy groups -OCH3 is 2. The van der Waals surface area contributed by atoms with Crippen molar-refractivity contribution >= 4 is 11.8 Å². The van der Waals surface area contributed by atoms with Crippen molar-refractivity contribution in [1.82, 2.24) is 0 Å². The average Bonchev–Trinajstić information content (AvgIpc) is 2.49. The van der Waals surface area contributed by atoms with Gasteiger partial charge in [0.15, 0.2) is 5.75 Å². The third kappa shape index (κ3) is 3.57. The van der Waals surface area contributed by atoms with Crippen LogP contribution < -0.4 is 14.4 Å². The first-order chi connectivity index (χ1) is 9.76. The van der Waals surface area contributed by atoms with Crippen LogP contribution in [-0.4, -0.2) is 19.5 Å². The third-order valence-electron chi connectivity index (χ3n) is 2.53. The van der Waals surface area contributed by atoms with Crippen molar-refractivity contribution in [2.24, 2.45) is 0 Å². The summed E-state index contributed by atoms with van der Waals surface area (Å²) < 4.78 is 10.4. The van der Waals surface area contributed by atoms with Gasteiger partial charge in [-0.2, -0.15) is 0 Å². The molecule has 2 rings (SSSR count). The highest BCUT2D eigenvalue weighted by Crippen LogP contribution is 2.38. The van der Waals surface area contributed by atoms with Gasteiger partial charge < -0.3 is 14.4 Å². The Morgan fingerprint density at radius 1 is 0.950 bits per heavy atom. The van der Waals surface area contributed by atoms with Crippen molar-refractivity contribution in [1.29, 1.82) is 0 Å². The Morgan fingerprint density at radius 2 is 1.60 bits per heavy atom. The molecule has 106 valence electrons. The van der Waals surface area contributed by atoms with Gasteiger partial charge in [-0.1, -0.05) is 23.9 Å². The fourth-order valence-electron chi connectivity index (χ4n) is 1.61. The minimum Gasteiger partial charge on any atom is -0.497 e. The second-order valence-electron chi connectivity index (χ2n) is 3.76. The Morgan fingerprint density at radius 3 is 2.20 bits per heavy atom. The molecule has 0 atom stereocenters. The Hall–Kier alpha value is -1.89. The van der Waals surface area contributed by atoms with Crippen LogP contribution in [-0.2, 0) is 5.04 Å². The van der Waals surface area contributed by atoms with Crippen molar-refractivity contribution in [2.45, 2.75) is 9.79 Å². The summed E-state index contributed by atoms with van der Waals surface area (Å²) in [6.45, 7) is 0. The number of rotatable bonds is 6. The smallest absolute Gasteiger partial charge is 0.182 e. The van der Waals surface area contributed by atoms with Crippen LogP contribution in [0.25, 0.3) is 0 Å². The van der Waals surface area contributed by atoms with Gasteiger partial charge in [0, 0.05) is 11.0 Å². The molecule has 2 aromatic rings. The molecule has 0 saturated heterocycles. The molecule has 0 aliphatic carbocycles. The van der Waals surface area contributed by atoms with Crippen molar-refractivity contribution in [2.75, 3.05) is 14.2 Å². The van der Waals surface area contributed by atoms with Crippen LogP contribution in [0, 0.1) is 0 Å². The van der Waals surface area contributed by atoms with Gasteiger partial charge in [0.1, 0.15) is 11.5 Å². The third-order valence-corrected chi connectivity index (χ3v) is 3.56. The Balaban J connectivity index is 2.29. The molecule has 0 spiro atoms. The predicted molar refractivity (Wildman–Crippen MR) is 74.5 cm³/mol. The van der Waals surface area contributed by atoms with Gasteiger partial charge in [0.2, 0.25) is 0 Å². The fraction of sp³-hybridized carbons (Fsp3) is 0.143. The zero-order valence-electron chi connectivity index (χ0n) is 11.0. The average molecular weight is 294 g/mol. The van der Waals surface area contributed by atoms with E-state index in [9.17, 15) is 0 Å². The molecule has 2 aromatic carbocycles. The molecule has 0 fully saturated rings. The fourth-order valence-corrected chi connectivity index (χ4v) is 2.56. The van der Waals surface area contributed by atoms with E-state index in [0.29, 0.717) is 17.2 Å². The molecule has 6 heteroatoms. The van der Waals surface area contributed by atoms with E-state index in [-0.39, 0.29) is 0 Å². The molecule has 0 amide bonds. The molecule has 0 saturated carbocycles. The molecular formula is C14H14O5S. The summed E-state index contributed by atoms with van der Waals surface area (Å²) in [6.07, 6.45) is 0. The minimum absolute atomic E-state index is 0.418. The lowest BCUT2D eigenvalue weighted by Crippen LogP contribution is -1.93. The summed E-state index contributed by atoms with van der Waals surface area (Å²) in [5.74, 6) is 1.81. The minimum atomic E-state index is 0.418. The van der Waals surface area contributed by atoms with Crippen LogP contribution >= 0.6 is 11.8 Å². The van der Waals surface area contributed by atoms with E-state index < -0.39 is 0 Å². The highest BCUT2D eigenvalue weighted by Gasteiger charge is 2.09. The summed E-state index contributed by atoms with van der Waals surface area (Å²) in [7, 11) is 3.19. The number of hydrogen-bond acceptors (Lipinski definition) is 6. The lowest BCUT2D eigenvalue weighted by atomic mass is 10.3. The van der Waals surface area contributed by atoms with E-state index in [1.54, 1.807) is 32.4 Å². The molecule has 0 unspecified atom stereocenters. The second-order valence-corrected chi connectivity index (χ2v) is 4.87. The Bertz CT molecular complexity index is 551. The van der Waals surface area contributed by atoms with Crippen LogP contribution in [0.3, 0.4) is 0 Å². The molecule has 0 aliphatic heterocycles. The van der Waals surface area contributed by atoms with E-state index in [4.69, 9.17) is 19.6 Å². The van der Waals surface area contributed by atoms with Crippen LogP contribution in [0.2, 0.25) is 0 Å². The zero-order valence-corrected chi connectivity index (χ0v) is 11.8. The number of benzene rings is 2. The second kappa shape index (κ2) is 7.04. The number of hydrogen-bond donors (Lipinski definition) is 1. The van der Waals surface area contributed by atoms with Crippen molar-refractivity contribution in [3.8, 4) is 17.2 Å². The maximum Gasteiger partial charge on any atom is 0.182 e. The normalized spacial score (nSPS) is 10.2. The van der Waals surface area contributed by atoms with Gasteiger partial charge in [0.05, 0.1) is 19.1 Å². The van der Waals surface area contributed by atoms with E-state index >= 15 is 0 Å². The van der Waals surface area contributed by atoms with Gasteiger partial charge in [-0.15, -0.1) is 0 Å². The maximum atomic E-state index is 8.40. The number of para-hydroxylation sites is 1. The summed E-state index contributed by atoms with van der Waals surface area (Å²) in [4.78, 5) is 6.40. The largest absolute Gasteiger partial charge is 0.497 e. The Labute approximate surface area is 120 Å². The molecule has 0 heterocycles.